The SMILES string of the molecule is COc1ccc(-c2nc(C(=O)NCc3ccc(Cn4cncn4)cc3)cs2)cc1. The van der Waals surface area contributed by atoms with Crippen LogP contribution < -0.4 is 10.1 Å². The van der Waals surface area contributed by atoms with Crippen LogP contribution in [-0.2, 0) is 13.1 Å². The van der Waals surface area contributed by atoms with E-state index in [4.69, 9.17) is 4.74 Å². The number of benzene rings is 2. The van der Waals surface area contributed by atoms with Gasteiger partial charge in [0, 0.05) is 17.5 Å². The minimum absolute atomic E-state index is 0.187. The van der Waals surface area contributed by atoms with E-state index in [0.29, 0.717) is 18.8 Å². The fourth-order valence-electron chi connectivity index (χ4n) is 2.78. The highest BCUT2D eigenvalue weighted by Crippen LogP contribution is 2.25. The molecule has 4 aromatic rings. The summed E-state index contributed by atoms with van der Waals surface area (Å²) in [6.45, 7) is 1.11. The number of carbonyl (C=O) groups excluding carboxylic acids is 1. The first-order valence-corrected chi connectivity index (χ1v) is 9.87. The van der Waals surface area contributed by atoms with E-state index >= 15 is 0 Å². The van der Waals surface area contributed by atoms with Crippen molar-refractivity contribution >= 4 is 17.2 Å². The predicted octanol–water partition coefficient (Wildman–Crippen LogP) is 3.39. The number of hydrogen-bond acceptors (Lipinski definition) is 6. The minimum Gasteiger partial charge on any atom is -0.497 e. The second-order valence-electron chi connectivity index (χ2n) is 6.36. The van der Waals surface area contributed by atoms with Crippen molar-refractivity contribution in [1.29, 1.82) is 0 Å². The van der Waals surface area contributed by atoms with Crippen molar-refractivity contribution in [2.75, 3.05) is 7.11 Å². The van der Waals surface area contributed by atoms with Crippen molar-refractivity contribution in [2.24, 2.45) is 0 Å². The van der Waals surface area contributed by atoms with E-state index in [1.54, 1.807) is 23.5 Å². The number of nitrogens with one attached hydrogen (secondary N) is 1. The maximum atomic E-state index is 12.4. The molecular formula is C21H19N5O2S. The zero-order valence-electron chi connectivity index (χ0n) is 15.8. The van der Waals surface area contributed by atoms with Gasteiger partial charge in [-0.3, -0.25) is 4.79 Å². The third kappa shape index (κ3) is 4.67. The normalized spacial score (nSPS) is 10.7. The molecule has 0 aliphatic carbocycles. The largest absolute Gasteiger partial charge is 0.497 e. The Hall–Kier alpha value is -3.52. The van der Waals surface area contributed by atoms with Crippen LogP contribution in [0.4, 0.5) is 0 Å². The lowest BCUT2D eigenvalue weighted by Crippen LogP contribution is -2.23. The lowest BCUT2D eigenvalue weighted by atomic mass is 10.1. The molecule has 8 heteroatoms. The van der Waals surface area contributed by atoms with Crippen LogP contribution in [0, 0.1) is 0 Å². The molecule has 0 aliphatic heterocycles. The lowest BCUT2D eigenvalue weighted by molar-refractivity contribution is 0.0946. The van der Waals surface area contributed by atoms with Crippen molar-refractivity contribution in [3.63, 3.8) is 0 Å². The smallest absolute Gasteiger partial charge is 0.271 e. The van der Waals surface area contributed by atoms with E-state index in [1.807, 2.05) is 48.5 Å². The van der Waals surface area contributed by atoms with Gasteiger partial charge in [0.15, 0.2) is 0 Å². The zero-order valence-corrected chi connectivity index (χ0v) is 16.6. The van der Waals surface area contributed by atoms with Gasteiger partial charge in [-0.15, -0.1) is 11.3 Å². The number of rotatable bonds is 7. The summed E-state index contributed by atoms with van der Waals surface area (Å²) < 4.78 is 6.93. The Morgan fingerprint density at radius 2 is 1.86 bits per heavy atom. The molecule has 1 amide bonds. The van der Waals surface area contributed by atoms with E-state index < -0.39 is 0 Å². The highest BCUT2D eigenvalue weighted by molar-refractivity contribution is 7.13. The van der Waals surface area contributed by atoms with Crippen molar-refractivity contribution < 1.29 is 9.53 Å². The molecule has 0 aliphatic rings. The van der Waals surface area contributed by atoms with Crippen molar-refractivity contribution in [2.45, 2.75) is 13.1 Å². The molecule has 0 bridgehead atoms. The molecule has 4 rings (SSSR count). The second-order valence-corrected chi connectivity index (χ2v) is 7.22. The quantitative estimate of drug-likeness (QED) is 0.510. The van der Waals surface area contributed by atoms with Gasteiger partial charge in [-0.05, 0) is 35.4 Å². The molecule has 0 spiro atoms. The van der Waals surface area contributed by atoms with Crippen LogP contribution in [0.3, 0.4) is 0 Å². The summed E-state index contributed by atoms with van der Waals surface area (Å²) in [7, 11) is 1.63. The molecule has 29 heavy (non-hydrogen) atoms. The first kappa shape index (κ1) is 18.8. The standard InChI is InChI=1S/C21H19N5O2S/c1-28-18-8-6-17(7-9-18)21-25-19(12-29-21)20(27)23-10-15-2-4-16(5-3-15)11-26-14-22-13-24-26/h2-9,12-14H,10-11H2,1H3,(H,23,27). The summed E-state index contributed by atoms with van der Waals surface area (Å²) >= 11 is 1.44. The van der Waals surface area contributed by atoms with Crippen molar-refractivity contribution in [3.8, 4) is 16.3 Å². The summed E-state index contributed by atoms with van der Waals surface area (Å²) in [5, 5.41) is 9.59. The van der Waals surface area contributed by atoms with Crippen LogP contribution in [0.15, 0.2) is 66.6 Å². The van der Waals surface area contributed by atoms with Crippen LogP contribution in [0.1, 0.15) is 21.6 Å². The minimum atomic E-state index is -0.187. The van der Waals surface area contributed by atoms with E-state index in [0.717, 1.165) is 27.4 Å². The Morgan fingerprint density at radius 3 is 2.55 bits per heavy atom. The highest BCUT2D eigenvalue weighted by atomic mass is 32.1. The van der Waals surface area contributed by atoms with E-state index in [1.165, 1.54) is 17.7 Å². The van der Waals surface area contributed by atoms with Gasteiger partial charge in [0.1, 0.15) is 29.1 Å². The van der Waals surface area contributed by atoms with Gasteiger partial charge in [-0.2, -0.15) is 5.10 Å². The Balaban J connectivity index is 1.34. The molecule has 1 N–H and O–H groups in total. The number of methoxy groups -OCH3 is 1. The third-order valence-corrected chi connectivity index (χ3v) is 5.25. The van der Waals surface area contributed by atoms with Crippen molar-refractivity contribution in [3.05, 3.63) is 83.4 Å². The Labute approximate surface area is 172 Å². The summed E-state index contributed by atoms with van der Waals surface area (Å²) in [4.78, 5) is 20.8. The number of nitrogens with zero attached hydrogens (tertiary/aromatic N) is 4. The highest BCUT2D eigenvalue weighted by Gasteiger charge is 2.12. The van der Waals surface area contributed by atoms with Gasteiger partial charge >= 0.3 is 0 Å². The maximum absolute atomic E-state index is 12.4. The summed E-state index contributed by atoms with van der Waals surface area (Å²) in [5.41, 5.74) is 3.52. The molecule has 0 saturated carbocycles. The van der Waals surface area contributed by atoms with E-state index in [-0.39, 0.29) is 5.91 Å². The summed E-state index contributed by atoms with van der Waals surface area (Å²) in [6.07, 6.45) is 3.20. The van der Waals surface area contributed by atoms with Crippen LogP contribution in [0.5, 0.6) is 5.75 Å². The Kier molecular flexibility index (Phi) is 5.62. The van der Waals surface area contributed by atoms with Gasteiger partial charge in [0.2, 0.25) is 0 Å². The Bertz CT molecular complexity index is 1070. The third-order valence-electron chi connectivity index (χ3n) is 4.36. The molecule has 2 heterocycles. The van der Waals surface area contributed by atoms with Crippen LogP contribution in [0.2, 0.25) is 0 Å². The molecular weight excluding hydrogens is 386 g/mol. The number of ether oxygens (including phenoxy) is 1. The van der Waals surface area contributed by atoms with Gasteiger partial charge < -0.3 is 10.1 Å². The molecule has 0 radical (unpaired) electrons. The zero-order chi connectivity index (χ0) is 20.1. The van der Waals surface area contributed by atoms with Gasteiger partial charge in [-0.25, -0.2) is 14.6 Å². The second kappa shape index (κ2) is 8.66. The molecule has 7 nitrogen and oxygen atoms in total. The maximum Gasteiger partial charge on any atom is 0.271 e. The summed E-state index contributed by atoms with van der Waals surface area (Å²) in [6, 6.07) is 15.7. The Morgan fingerprint density at radius 1 is 1.10 bits per heavy atom. The van der Waals surface area contributed by atoms with Gasteiger partial charge in [0.05, 0.1) is 13.7 Å². The monoisotopic (exact) mass is 405 g/mol. The molecule has 0 atom stereocenters. The fourth-order valence-corrected chi connectivity index (χ4v) is 3.59. The number of hydrogen-bond donors (Lipinski definition) is 1. The molecule has 146 valence electrons. The number of aromatic nitrogens is 4. The molecule has 0 unspecified atom stereocenters. The molecule has 2 aromatic carbocycles. The topological polar surface area (TPSA) is 81.9 Å². The van der Waals surface area contributed by atoms with Gasteiger partial charge in [0.25, 0.3) is 5.91 Å². The number of thiazole rings is 1. The average molecular weight is 405 g/mol. The number of amides is 1. The average Bonchev–Trinajstić information content (AvgIpc) is 3.45. The summed E-state index contributed by atoms with van der Waals surface area (Å²) in [5.74, 6) is 0.600. The molecule has 2 aromatic heterocycles. The van der Waals surface area contributed by atoms with Crippen LogP contribution in [-0.4, -0.2) is 32.8 Å². The fraction of sp³-hybridized carbons (Fsp3) is 0.143. The molecule has 0 saturated heterocycles. The van der Waals surface area contributed by atoms with Gasteiger partial charge in [-0.1, -0.05) is 24.3 Å². The molecule has 0 fully saturated rings. The van der Waals surface area contributed by atoms with Crippen LogP contribution >= 0.6 is 11.3 Å². The predicted molar refractivity (Wildman–Crippen MR) is 111 cm³/mol. The van der Waals surface area contributed by atoms with E-state index in [2.05, 4.69) is 20.4 Å². The van der Waals surface area contributed by atoms with E-state index in [9.17, 15) is 4.79 Å². The lowest BCUT2D eigenvalue weighted by Gasteiger charge is -2.06. The first-order valence-electron chi connectivity index (χ1n) is 8.99. The van der Waals surface area contributed by atoms with Crippen molar-refractivity contribution in [1.82, 2.24) is 25.1 Å². The number of carbonyl (C=O) groups is 1. The first-order chi connectivity index (χ1) is 14.2. The van der Waals surface area contributed by atoms with Crippen LogP contribution in [0.25, 0.3) is 10.6 Å².